The molecule has 1 fully saturated rings. The summed E-state index contributed by atoms with van der Waals surface area (Å²) in [6.45, 7) is 4.42. The van der Waals surface area contributed by atoms with Crippen molar-refractivity contribution >= 4 is 34.7 Å². The molecule has 1 N–H and O–H groups in total. The molecule has 2 aromatic rings. The number of likely N-dealkylation sites (tertiary alicyclic amines) is 1. The summed E-state index contributed by atoms with van der Waals surface area (Å²) in [6.07, 6.45) is 4.97. The molecule has 23 heavy (non-hydrogen) atoms. The quantitative estimate of drug-likeness (QED) is 0.892. The SMILES string of the molecule is Cc1ccc(CNc2ncc(C(=O)N3CCCCC3)cc2Cl)s1. The van der Waals surface area contributed by atoms with E-state index in [1.54, 1.807) is 23.6 Å². The third-order valence-corrected chi connectivity index (χ3v) is 5.25. The maximum absolute atomic E-state index is 12.5. The second-order valence-electron chi connectivity index (χ2n) is 5.77. The Bertz CT molecular complexity index is 695. The van der Waals surface area contributed by atoms with E-state index < -0.39 is 0 Å². The van der Waals surface area contributed by atoms with Gasteiger partial charge in [-0.25, -0.2) is 4.98 Å². The number of rotatable bonds is 4. The van der Waals surface area contributed by atoms with E-state index in [1.807, 2.05) is 4.90 Å². The number of amides is 1. The lowest BCUT2D eigenvalue weighted by atomic mass is 10.1. The smallest absolute Gasteiger partial charge is 0.255 e. The Morgan fingerprint density at radius 1 is 1.35 bits per heavy atom. The van der Waals surface area contributed by atoms with E-state index in [0.29, 0.717) is 22.9 Å². The minimum Gasteiger partial charge on any atom is -0.364 e. The molecule has 1 saturated heterocycles. The summed E-state index contributed by atoms with van der Waals surface area (Å²) in [5, 5.41) is 3.72. The van der Waals surface area contributed by atoms with Gasteiger partial charge in [-0.15, -0.1) is 11.3 Å². The maximum atomic E-state index is 12.5. The highest BCUT2D eigenvalue weighted by Gasteiger charge is 2.19. The Balaban J connectivity index is 1.66. The predicted octanol–water partition coefficient (Wildman–Crippen LogP) is 4.34. The fourth-order valence-corrected chi connectivity index (χ4v) is 3.78. The lowest BCUT2D eigenvalue weighted by molar-refractivity contribution is 0.0724. The number of piperidine rings is 1. The van der Waals surface area contributed by atoms with E-state index in [1.165, 1.54) is 16.2 Å². The third kappa shape index (κ3) is 4.03. The molecule has 0 radical (unpaired) electrons. The van der Waals surface area contributed by atoms with Gasteiger partial charge < -0.3 is 10.2 Å². The van der Waals surface area contributed by atoms with Crippen molar-refractivity contribution in [3.8, 4) is 0 Å². The number of hydrogen-bond acceptors (Lipinski definition) is 4. The molecule has 1 aliphatic rings. The van der Waals surface area contributed by atoms with Gasteiger partial charge in [-0.1, -0.05) is 11.6 Å². The van der Waals surface area contributed by atoms with Crippen molar-refractivity contribution in [3.63, 3.8) is 0 Å². The number of hydrogen-bond donors (Lipinski definition) is 1. The van der Waals surface area contributed by atoms with Gasteiger partial charge in [0.2, 0.25) is 0 Å². The summed E-state index contributed by atoms with van der Waals surface area (Å²) < 4.78 is 0. The average molecular weight is 350 g/mol. The highest BCUT2D eigenvalue weighted by molar-refractivity contribution is 7.11. The monoisotopic (exact) mass is 349 g/mol. The van der Waals surface area contributed by atoms with Crippen molar-refractivity contribution in [1.29, 1.82) is 0 Å². The van der Waals surface area contributed by atoms with Crippen LogP contribution in [0.15, 0.2) is 24.4 Å². The van der Waals surface area contributed by atoms with Crippen molar-refractivity contribution < 1.29 is 4.79 Å². The van der Waals surface area contributed by atoms with Crippen LogP contribution in [0.1, 0.15) is 39.4 Å². The van der Waals surface area contributed by atoms with Crippen molar-refractivity contribution in [2.45, 2.75) is 32.7 Å². The zero-order chi connectivity index (χ0) is 16.2. The molecule has 0 aliphatic carbocycles. The van der Waals surface area contributed by atoms with E-state index >= 15 is 0 Å². The van der Waals surface area contributed by atoms with Crippen LogP contribution in [0.2, 0.25) is 5.02 Å². The van der Waals surface area contributed by atoms with Crippen LogP contribution in [0.25, 0.3) is 0 Å². The van der Waals surface area contributed by atoms with Crippen LogP contribution in [-0.4, -0.2) is 28.9 Å². The number of carbonyl (C=O) groups excluding carboxylic acids is 1. The minimum atomic E-state index is 0.0273. The molecule has 2 aromatic heterocycles. The van der Waals surface area contributed by atoms with Gasteiger partial charge >= 0.3 is 0 Å². The van der Waals surface area contributed by atoms with Gasteiger partial charge in [0.25, 0.3) is 5.91 Å². The molecule has 122 valence electrons. The van der Waals surface area contributed by atoms with Gasteiger partial charge in [-0.3, -0.25) is 4.79 Å². The van der Waals surface area contributed by atoms with Crippen LogP contribution in [0.5, 0.6) is 0 Å². The molecule has 0 aromatic carbocycles. The molecule has 1 amide bonds. The fraction of sp³-hybridized carbons (Fsp3) is 0.412. The number of nitrogens with zero attached hydrogens (tertiary/aromatic N) is 2. The van der Waals surface area contributed by atoms with Gasteiger partial charge in [0, 0.05) is 29.0 Å². The van der Waals surface area contributed by atoms with Crippen LogP contribution >= 0.6 is 22.9 Å². The third-order valence-electron chi connectivity index (χ3n) is 3.96. The molecular formula is C17H20ClN3OS. The first-order valence-electron chi connectivity index (χ1n) is 7.87. The normalized spacial score (nSPS) is 14.8. The highest BCUT2D eigenvalue weighted by atomic mass is 35.5. The Labute approximate surface area is 145 Å². The summed E-state index contributed by atoms with van der Waals surface area (Å²) in [7, 11) is 0. The van der Waals surface area contributed by atoms with E-state index in [4.69, 9.17) is 11.6 Å². The molecule has 4 nitrogen and oxygen atoms in total. The van der Waals surface area contributed by atoms with E-state index in [2.05, 4.69) is 29.4 Å². The first-order chi connectivity index (χ1) is 11.1. The Morgan fingerprint density at radius 3 is 2.78 bits per heavy atom. The van der Waals surface area contributed by atoms with Crippen LogP contribution in [-0.2, 0) is 6.54 Å². The largest absolute Gasteiger partial charge is 0.364 e. The molecule has 0 unspecified atom stereocenters. The van der Waals surface area contributed by atoms with E-state index in [9.17, 15) is 4.79 Å². The number of halogens is 1. The fourth-order valence-electron chi connectivity index (χ4n) is 2.72. The summed E-state index contributed by atoms with van der Waals surface area (Å²) in [5.74, 6) is 0.646. The molecule has 0 saturated carbocycles. The number of aromatic nitrogens is 1. The Kier molecular flexibility index (Phi) is 5.18. The second kappa shape index (κ2) is 7.32. The van der Waals surface area contributed by atoms with Gasteiger partial charge in [0.05, 0.1) is 17.1 Å². The molecule has 3 rings (SSSR count). The number of aryl methyl sites for hydroxylation is 1. The number of thiophene rings is 1. The standard InChI is InChI=1S/C17H20ClN3OS/c1-12-5-6-14(23-12)11-20-16-15(18)9-13(10-19-16)17(22)21-7-3-2-4-8-21/h5-6,9-10H,2-4,7-8,11H2,1H3,(H,19,20). The molecular weight excluding hydrogens is 330 g/mol. The Morgan fingerprint density at radius 2 is 2.13 bits per heavy atom. The van der Waals surface area contributed by atoms with E-state index in [0.717, 1.165) is 25.9 Å². The second-order valence-corrected chi connectivity index (χ2v) is 7.55. The number of nitrogens with one attached hydrogen (secondary N) is 1. The molecule has 1 aliphatic heterocycles. The topological polar surface area (TPSA) is 45.2 Å². The lowest BCUT2D eigenvalue weighted by Crippen LogP contribution is -2.35. The van der Waals surface area contributed by atoms with Gasteiger partial charge in [0.15, 0.2) is 0 Å². The Hall–Kier alpha value is -1.59. The number of carbonyl (C=O) groups is 1. The van der Waals surface area contributed by atoms with Gasteiger partial charge in [-0.05, 0) is 44.4 Å². The first-order valence-corrected chi connectivity index (χ1v) is 9.07. The van der Waals surface area contributed by atoms with Crippen molar-refractivity contribution in [2.24, 2.45) is 0 Å². The van der Waals surface area contributed by atoms with Crippen molar-refractivity contribution in [3.05, 3.63) is 44.7 Å². The van der Waals surface area contributed by atoms with Crippen LogP contribution < -0.4 is 5.32 Å². The van der Waals surface area contributed by atoms with Gasteiger partial charge in [-0.2, -0.15) is 0 Å². The summed E-state index contributed by atoms with van der Waals surface area (Å²) in [6, 6.07) is 5.90. The van der Waals surface area contributed by atoms with E-state index in [-0.39, 0.29) is 5.91 Å². The minimum absolute atomic E-state index is 0.0273. The molecule has 0 spiro atoms. The lowest BCUT2D eigenvalue weighted by Gasteiger charge is -2.26. The number of anilines is 1. The van der Waals surface area contributed by atoms with Gasteiger partial charge in [0.1, 0.15) is 5.82 Å². The predicted molar refractivity (Wildman–Crippen MR) is 95.4 cm³/mol. The zero-order valence-electron chi connectivity index (χ0n) is 13.1. The maximum Gasteiger partial charge on any atom is 0.255 e. The summed E-state index contributed by atoms with van der Waals surface area (Å²) in [5.41, 5.74) is 0.564. The van der Waals surface area contributed by atoms with Crippen LogP contribution in [0.3, 0.4) is 0 Å². The molecule has 0 bridgehead atoms. The summed E-state index contributed by atoms with van der Waals surface area (Å²) in [4.78, 5) is 21.2. The zero-order valence-corrected chi connectivity index (χ0v) is 14.7. The first kappa shape index (κ1) is 16.3. The van der Waals surface area contributed by atoms with Crippen molar-refractivity contribution in [1.82, 2.24) is 9.88 Å². The van der Waals surface area contributed by atoms with Crippen molar-refractivity contribution in [2.75, 3.05) is 18.4 Å². The van der Waals surface area contributed by atoms with Crippen LogP contribution in [0.4, 0.5) is 5.82 Å². The van der Waals surface area contributed by atoms with Crippen LogP contribution in [0, 0.1) is 6.92 Å². The highest BCUT2D eigenvalue weighted by Crippen LogP contribution is 2.23. The summed E-state index contributed by atoms with van der Waals surface area (Å²) >= 11 is 8.04. The number of pyridine rings is 1. The average Bonchev–Trinajstić information content (AvgIpc) is 2.99. The molecule has 6 heteroatoms. The molecule has 0 atom stereocenters. The molecule has 3 heterocycles.